The molecule has 2 amide bonds. The first kappa shape index (κ1) is 16.4. The van der Waals surface area contributed by atoms with E-state index in [4.69, 9.17) is 4.74 Å². The third-order valence-electron chi connectivity index (χ3n) is 5.49. The van der Waals surface area contributed by atoms with E-state index in [1.54, 1.807) is 4.90 Å². The van der Waals surface area contributed by atoms with Crippen LogP contribution in [0, 0.1) is 17.0 Å². The van der Waals surface area contributed by atoms with Crippen molar-refractivity contribution < 1.29 is 23.1 Å². The minimum absolute atomic E-state index is 0.00750. The van der Waals surface area contributed by atoms with Gasteiger partial charge in [-0.05, 0) is 31.4 Å². The van der Waals surface area contributed by atoms with Gasteiger partial charge in [0.1, 0.15) is 6.10 Å². The number of likely N-dealkylation sites (tertiary alicyclic amines) is 1. The Morgan fingerprint density at radius 3 is 2.80 bits per heavy atom. The van der Waals surface area contributed by atoms with Crippen LogP contribution in [-0.2, 0) is 14.3 Å². The maximum Gasteiger partial charge on any atom is 0.251 e. The second-order valence-corrected chi connectivity index (χ2v) is 7.27. The number of benzene rings is 1. The molecule has 0 saturated carbocycles. The second-order valence-electron chi connectivity index (χ2n) is 7.27. The van der Waals surface area contributed by atoms with Crippen molar-refractivity contribution in [2.45, 2.75) is 31.8 Å². The summed E-state index contributed by atoms with van der Waals surface area (Å²) < 4.78 is 32.1. The van der Waals surface area contributed by atoms with Gasteiger partial charge in [-0.1, -0.05) is 0 Å². The molecular formula is C18H20F2N2O3. The molecule has 7 heteroatoms. The molecule has 1 unspecified atom stereocenters. The molecule has 25 heavy (non-hydrogen) atoms. The number of hydrogen-bond donors (Lipinski definition) is 0. The Bertz CT molecular complexity index is 720. The van der Waals surface area contributed by atoms with Crippen LogP contribution in [0.5, 0.6) is 0 Å². The highest BCUT2D eigenvalue weighted by atomic mass is 19.2. The zero-order valence-corrected chi connectivity index (χ0v) is 13.8. The summed E-state index contributed by atoms with van der Waals surface area (Å²) in [6, 6.07) is 3.50. The summed E-state index contributed by atoms with van der Waals surface area (Å²) in [4.78, 5) is 28.3. The van der Waals surface area contributed by atoms with E-state index < -0.39 is 11.6 Å². The molecule has 3 saturated heterocycles. The van der Waals surface area contributed by atoms with E-state index in [1.165, 1.54) is 11.0 Å². The van der Waals surface area contributed by atoms with Gasteiger partial charge in [0.25, 0.3) is 5.91 Å². The van der Waals surface area contributed by atoms with Gasteiger partial charge in [0.15, 0.2) is 11.6 Å². The van der Waals surface area contributed by atoms with Gasteiger partial charge in [-0.3, -0.25) is 9.59 Å². The van der Waals surface area contributed by atoms with Crippen LogP contribution in [-0.4, -0.2) is 49.1 Å². The van der Waals surface area contributed by atoms with E-state index in [1.807, 2.05) is 0 Å². The first-order valence-corrected chi connectivity index (χ1v) is 8.63. The molecule has 3 fully saturated rings. The van der Waals surface area contributed by atoms with Gasteiger partial charge >= 0.3 is 0 Å². The van der Waals surface area contributed by atoms with Crippen LogP contribution in [0.3, 0.4) is 0 Å². The number of anilines is 1. The van der Waals surface area contributed by atoms with Crippen molar-refractivity contribution in [1.82, 2.24) is 4.90 Å². The Morgan fingerprint density at radius 2 is 2.08 bits per heavy atom. The van der Waals surface area contributed by atoms with Crippen LogP contribution in [0.1, 0.15) is 25.7 Å². The summed E-state index contributed by atoms with van der Waals surface area (Å²) in [5.74, 6) is -2.00. The zero-order valence-electron chi connectivity index (χ0n) is 13.8. The smallest absolute Gasteiger partial charge is 0.251 e. The molecule has 0 aliphatic carbocycles. The number of halogens is 2. The fourth-order valence-electron chi connectivity index (χ4n) is 4.16. The van der Waals surface area contributed by atoms with Crippen LogP contribution in [0.15, 0.2) is 18.2 Å². The van der Waals surface area contributed by atoms with Crippen molar-refractivity contribution in [3.8, 4) is 0 Å². The molecule has 1 aromatic rings. The molecule has 0 bridgehead atoms. The molecule has 0 N–H and O–H groups in total. The normalized spacial score (nSPS) is 29.2. The minimum atomic E-state index is -0.965. The van der Waals surface area contributed by atoms with Gasteiger partial charge in [-0.25, -0.2) is 8.78 Å². The summed E-state index contributed by atoms with van der Waals surface area (Å²) in [5, 5.41) is 0. The van der Waals surface area contributed by atoms with Crippen molar-refractivity contribution >= 4 is 17.5 Å². The van der Waals surface area contributed by atoms with E-state index in [0.29, 0.717) is 38.3 Å². The van der Waals surface area contributed by atoms with E-state index >= 15 is 0 Å². The molecule has 1 spiro atoms. The molecule has 0 aromatic heterocycles. The average molecular weight is 350 g/mol. The maximum atomic E-state index is 13.5. The Hall–Kier alpha value is -2.02. The number of nitrogens with zero attached hydrogens (tertiary/aromatic N) is 2. The third-order valence-corrected chi connectivity index (χ3v) is 5.49. The molecule has 4 rings (SSSR count). The quantitative estimate of drug-likeness (QED) is 0.821. The molecule has 2 atom stereocenters. The lowest BCUT2D eigenvalue weighted by molar-refractivity contribution is -0.140. The lowest BCUT2D eigenvalue weighted by Crippen LogP contribution is -2.39. The minimum Gasteiger partial charge on any atom is -0.368 e. The predicted molar refractivity (Wildman–Crippen MR) is 85.9 cm³/mol. The molecule has 3 aliphatic heterocycles. The fourth-order valence-corrected chi connectivity index (χ4v) is 4.16. The molecule has 0 radical (unpaired) electrons. The van der Waals surface area contributed by atoms with Gasteiger partial charge in [0.2, 0.25) is 5.91 Å². The number of amides is 2. The highest BCUT2D eigenvalue weighted by Crippen LogP contribution is 2.42. The number of ether oxygens (including phenoxy) is 1. The van der Waals surface area contributed by atoms with Gasteiger partial charge in [-0.15, -0.1) is 0 Å². The summed E-state index contributed by atoms with van der Waals surface area (Å²) in [5.41, 5.74) is 0.0561. The van der Waals surface area contributed by atoms with Gasteiger partial charge in [-0.2, -0.15) is 0 Å². The number of hydrogen-bond acceptors (Lipinski definition) is 3. The summed E-state index contributed by atoms with van der Waals surface area (Å²) in [7, 11) is 0. The summed E-state index contributed by atoms with van der Waals surface area (Å²) in [6.45, 7) is 2.17. The molecule has 5 nitrogen and oxygen atoms in total. The van der Waals surface area contributed by atoms with Crippen molar-refractivity contribution in [2.24, 2.45) is 5.41 Å². The first-order valence-electron chi connectivity index (χ1n) is 8.63. The number of carbonyl (C=O) groups is 2. The largest absolute Gasteiger partial charge is 0.368 e. The molecule has 134 valence electrons. The number of carbonyl (C=O) groups excluding carboxylic acids is 2. The summed E-state index contributed by atoms with van der Waals surface area (Å²) >= 11 is 0. The average Bonchev–Trinajstić information content (AvgIpc) is 3.31. The predicted octanol–water partition coefficient (Wildman–Crippen LogP) is 2.10. The molecule has 3 heterocycles. The third kappa shape index (κ3) is 2.90. The van der Waals surface area contributed by atoms with Gasteiger partial charge in [0.05, 0.1) is 0 Å². The van der Waals surface area contributed by atoms with Gasteiger partial charge in [0, 0.05) is 49.8 Å². The lowest BCUT2D eigenvalue weighted by atomic mass is 9.86. The van der Waals surface area contributed by atoms with Crippen molar-refractivity contribution in [2.75, 3.05) is 31.1 Å². The Labute approximate surface area is 144 Å². The highest BCUT2D eigenvalue weighted by Gasteiger charge is 2.49. The standard InChI is InChI=1S/C18H20F2N2O3/c19-13-4-3-12(8-14(13)20)22-11-18(9-16(22)23)5-6-21(10-18)17(24)15-2-1-7-25-15/h3-4,8,15H,1-2,5-7,9-11H2/t15-,18?/m1/s1. The van der Waals surface area contributed by atoms with Crippen molar-refractivity contribution in [3.63, 3.8) is 0 Å². The Kier molecular flexibility index (Phi) is 3.98. The highest BCUT2D eigenvalue weighted by molar-refractivity contribution is 5.96. The Balaban J connectivity index is 1.48. The Morgan fingerprint density at radius 1 is 1.24 bits per heavy atom. The number of rotatable bonds is 2. The van der Waals surface area contributed by atoms with Crippen molar-refractivity contribution in [1.29, 1.82) is 0 Å². The monoisotopic (exact) mass is 350 g/mol. The second kappa shape index (κ2) is 6.05. The van der Waals surface area contributed by atoms with E-state index in [0.717, 1.165) is 31.4 Å². The van der Waals surface area contributed by atoms with Crippen LogP contribution in [0.2, 0.25) is 0 Å². The topological polar surface area (TPSA) is 49.9 Å². The zero-order chi connectivity index (χ0) is 17.6. The van der Waals surface area contributed by atoms with E-state index in [9.17, 15) is 18.4 Å². The van der Waals surface area contributed by atoms with Crippen LogP contribution < -0.4 is 4.90 Å². The van der Waals surface area contributed by atoms with Crippen LogP contribution in [0.25, 0.3) is 0 Å². The van der Waals surface area contributed by atoms with E-state index in [-0.39, 0.29) is 23.3 Å². The lowest BCUT2D eigenvalue weighted by Gasteiger charge is -2.25. The van der Waals surface area contributed by atoms with Crippen molar-refractivity contribution in [3.05, 3.63) is 29.8 Å². The molecule has 3 aliphatic rings. The van der Waals surface area contributed by atoms with Gasteiger partial charge < -0.3 is 14.5 Å². The first-order chi connectivity index (χ1) is 12.0. The van der Waals surface area contributed by atoms with Crippen LogP contribution >= 0.6 is 0 Å². The SMILES string of the molecule is O=C([C@H]1CCCO1)N1CCC2(CC(=O)N(c3ccc(F)c(F)c3)C2)C1. The fraction of sp³-hybridized carbons (Fsp3) is 0.556. The molecular weight excluding hydrogens is 330 g/mol. The molecule has 1 aromatic carbocycles. The van der Waals surface area contributed by atoms with Crippen LogP contribution in [0.4, 0.5) is 14.5 Å². The summed E-state index contributed by atoms with van der Waals surface area (Å²) in [6.07, 6.45) is 2.35. The maximum absolute atomic E-state index is 13.5. The van der Waals surface area contributed by atoms with E-state index in [2.05, 4.69) is 0 Å².